The molecule has 2 aromatic rings. The van der Waals surface area contributed by atoms with Crippen molar-refractivity contribution in [1.82, 2.24) is 24.9 Å². The lowest BCUT2D eigenvalue weighted by Gasteiger charge is -2.36. The highest BCUT2D eigenvalue weighted by Crippen LogP contribution is 2.19. The molecule has 4 rings (SSSR count). The second kappa shape index (κ2) is 6.58. The van der Waals surface area contributed by atoms with E-state index in [9.17, 15) is 9.59 Å². The van der Waals surface area contributed by atoms with E-state index in [-0.39, 0.29) is 18.0 Å². The zero-order valence-corrected chi connectivity index (χ0v) is 14.0. The van der Waals surface area contributed by atoms with E-state index in [1.54, 1.807) is 16.9 Å². The van der Waals surface area contributed by atoms with E-state index < -0.39 is 0 Å². The van der Waals surface area contributed by atoms with Crippen molar-refractivity contribution < 1.29 is 9.59 Å². The number of hydrogen-bond acceptors (Lipinski definition) is 3. The molecule has 1 aromatic heterocycles. The number of urea groups is 1. The van der Waals surface area contributed by atoms with E-state index in [1.165, 1.54) is 0 Å². The Hall–Kier alpha value is -2.83. The van der Waals surface area contributed by atoms with Crippen LogP contribution in [-0.4, -0.2) is 63.7 Å². The minimum atomic E-state index is -0.0704. The van der Waals surface area contributed by atoms with E-state index in [2.05, 4.69) is 10.4 Å². The molecule has 3 amide bonds. The summed E-state index contributed by atoms with van der Waals surface area (Å²) in [4.78, 5) is 28.4. The first-order valence-electron chi connectivity index (χ1n) is 8.67. The molecule has 0 unspecified atom stereocenters. The molecule has 7 heteroatoms. The maximum Gasteiger partial charge on any atom is 0.317 e. The normalized spacial score (nSPS) is 20.6. The molecule has 130 valence electrons. The van der Waals surface area contributed by atoms with Crippen molar-refractivity contribution >= 4 is 11.9 Å². The van der Waals surface area contributed by atoms with Crippen LogP contribution in [0.4, 0.5) is 4.79 Å². The minimum absolute atomic E-state index is 0.0207. The van der Waals surface area contributed by atoms with Gasteiger partial charge in [0.15, 0.2) is 5.69 Å². The molecule has 0 bridgehead atoms. The Morgan fingerprint density at radius 2 is 2.00 bits per heavy atom. The van der Waals surface area contributed by atoms with E-state index in [4.69, 9.17) is 0 Å². The Morgan fingerprint density at radius 1 is 1.16 bits per heavy atom. The summed E-state index contributed by atoms with van der Waals surface area (Å²) < 4.78 is 1.71. The maximum atomic E-state index is 12.8. The minimum Gasteiger partial charge on any atom is -0.336 e. The van der Waals surface area contributed by atoms with Crippen molar-refractivity contribution in [2.75, 3.05) is 26.2 Å². The average Bonchev–Trinajstić information content (AvgIpc) is 3.31. The van der Waals surface area contributed by atoms with Crippen molar-refractivity contribution in [3.05, 3.63) is 48.3 Å². The molecule has 0 aliphatic carbocycles. The fourth-order valence-corrected chi connectivity index (χ4v) is 3.55. The number of nitrogens with one attached hydrogen (secondary N) is 1. The fourth-order valence-electron chi connectivity index (χ4n) is 3.55. The predicted molar refractivity (Wildman–Crippen MR) is 92.6 cm³/mol. The molecule has 1 N–H and O–H groups in total. The second-order valence-corrected chi connectivity index (χ2v) is 6.45. The van der Waals surface area contributed by atoms with E-state index in [1.807, 2.05) is 40.1 Å². The summed E-state index contributed by atoms with van der Waals surface area (Å²) in [7, 11) is 0. The number of para-hydroxylation sites is 1. The number of piperidine rings is 1. The van der Waals surface area contributed by atoms with Crippen LogP contribution in [-0.2, 0) is 0 Å². The third kappa shape index (κ3) is 3.09. The van der Waals surface area contributed by atoms with Crippen LogP contribution in [0.1, 0.15) is 23.3 Å². The van der Waals surface area contributed by atoms with Gasteiger partial charge in [-0.25, -0.2) is 9.48 Å². The Bertz CT molecular complexity index is 773. The molecule has 2 saturated heterocycles. The van der Waals surface area contributed by atoms with E-state index in [0.29, 0.717) is 31.9 Å². The van der Waals surface area contributed by atoms with Crippen molar-refractivity contribution in [3.8, 4) is 5.69 Å². The molecule has 0 radical (unpaired) electrons. The molecule has 2 aliphatic heterocycles. The molecular weight excluding hydrogens is 318 g/mol. The lowest BCUT2D eigenvalue weighted by atomic mass is 10.0. The van der Waals surface area contributed by atoms with Crippen LogP contribution >= 0.6 is 0 Å². The highest BCUT2D eigenvalue weighted by atomic mass is 16.2. The van der Waals surface area contributed by atoms with Crippen molar-refractivity contribution in [3.63, 3.8) is 0 Å². The van der Waals surface area contributed by atoms with Crippen molar-refractivity contribution in [2.45, 2.75) is 18.9 Å². The number of rotatable bonds is 3. The fraction of sp³-hybridized carbons (Fsp3) is 0.389. The summed E-state index contributed by atoms with van der Waals surface area (Å²) in [6.07, 6.45) is 3.65. The molecule has 2 fully saturated rings. The number of hydrogen-bond donors (Lipinski definition) is 1. The Kier molecular flexibility index (Phi) is 4.13. The van der Waals surface area contributed by atoms with Gasteiger partial charge in [0.1, 0.15) is 0 Å². The smallest absolute Gasteiger partial charge is 0.317 e. The van der Waals surface area contributed by atoms with Gasteiger partial charge in [0.05, 0.1) is 11.7 Å². The molecular formula is C18H21N5O2. The lowest BCUT2D eigenvalue weighted by molar-refractivity contribution is 0.0628. The van der Waals surface area contributed by atoms with Crippen LogP contribution in [0.3, 0.4) is 0 Å². The lowest BCUT2D eigenvalue weighted by Crippen LogP contribution is -2.50. The summed E-state index contributed by atoms with van der Waals surface area (Å²) in [6.45, 7) is 2.69. The summed E-state index contributed by atoms with van der Waals surface area (Å²) in [6, 6.07) is 11.5. The van der Waals surface area contributed by atoms with Gasteiger partial charge in [-0.05, 0) is 31.0 Å². The first-order valence-corrected chi connectivity index (χ1v) is 8.67. The topological polar surface area (TPSA) is 70.5 Å². The Balaban J connectivity index is 1.47. The van der Waals surface area contributed by atoms with Gasteiger partial charge in [0.25, 0.3) is 5.91 Å². The molecule has 0 spiro atoms. The number of nitrogens with zero attached hydrogens (tertiary/aromatic N) is 4. The van der Waals surface area contributed by atoms with Crippen LogP contribution in [0.25, 0.3) is 5.69 Å². The number of benzene rings is 1. The van der Waals surface area contributed by atoms with Gasteiger partial charge < -0.3 is 15.1 Å². The van der Waals surface area contributed by atoms with Crippen molar-refractivity contribution in [2.24, 2.45) is 0 Å². The van der Waals surface area contributed by atoms with Crippen LogP contribution in [0.5, 0.6) is 0 Å². The monoisotopic (exact) mass is 339 g/mol. The summed E-state index contributed by atoms with van der Waals surface area (Å²) >= 11 is 0. The molecule has 7 nitrogen and oxygen atoms in total. The predicted octanol–water partition coefficient (Wildman–Crippen LogP) is 1.50. The first-order chi connectivity index (χ1) is 12.2. The van der Waals surface area contributed by atoms with Gasteiger partial charge in [0, 0.05) is 32.4 Å². The SMILES string of the molecule is O=C(c1ccn(-c2ccccc2)n1)N1CCC[C@H](N2CCNC2=O)C1. The molecule has 25 heavy (non-hydrogen) atoms. The van der Waals surface area contributed by atoms with Gasteiger partial charge in [-0.3, -0.25) is 4.79 Å². The molecule has 3 heterocycles. The summed E-state index contributed by atoms with van der Waals surface area (Å²) in [5, 5.41) is 7.26. The van der Waals surface area contributed by atoms with E-state index >= 15 is 0 Å². The number of carbonyl (C=O) groups excluding carboxylic acids is 2. The van der Waals surface area contributed by atoms with Gasteiger partial charge in [0.2, 0.25) is 0 Å². The largest absolute Gasteiger partial charge is 0.336 e. The third-order valence-corrected chi connectivity index (χ3v) is 4.84. The van der Waals surface area contributed by atoms with E-state index in [0.717, 1.165) is 18.5 Å². The first kappa shape index (κ1) is 15.7. The summed E-state index contributed by atoms with van der Waals surface area (Å²) in [5.41, 5.74) is 1.36. The number of carbonyl (C=O) groups is 2. The Labute approximate surface area is 146 Å². The van der Waals surface area contributed by atoms with Gasteiger partial charge in [-0.15, -0.1) is 0 Å². The molecule has 1 aromatic carbocycles. The van der Waals surface area contributed by atoms with Gasteiger partial charge in [-0.1, -0.05) is 18.2 Å². The zero-order valence-electron chi connectivity index (χ0n) is 14.0. The summed E-state index contributed by atoms with van der Waals surface area (Å²) in [5.74, 6) is -0.0704. The highest BCUT2D eigenvalue weighted by Gasteiger charge is 2.33. The van der Waals surface area contributed by atoms with Crippen molar-refractivity contribution in [1.29, 1.82) is 0 Å². The number of amides is 3. The maximum absolute atomic E-state index is 12.8. The van der Waals surface area contributed by atoms with Gasteiger partial charge in [-0.2, -0.15) is 5.10 Å². The molecule has 2 aliphatic rings. The average molecular weight is 339 g/mol. The highest BCUT2D eigenvalue weighted by molar-refractivity contribution is 5.92. The number of likely N-dealkylation sites (tertiary alicyclic amines) is 1. The van der Waals surface area contributed by atoms with Crippen LogP contribution in [0, 0.1) is 0 Å². The second-order valence-electron chi connectivity index (χ2n) is 6.45. The van der Waals surface area contributed by atoms with Crippen LogP contribution in [0.2, 0.25) is 0 Å². The standard InChI is InChI=1S/C18H21N5O2/c24-17(16-8-11-23(20-16)14-5-2-1-3-6-14)21-10-4-7-15(13-21)22-12-9-19-18(22)25/h1-3,5-6,8,11,15H,4,7,9-10,12-13H2,(H,19,25)/t15-/m0/s1. The molecule has 1 atom stereocenters. The quantitative estimate of drug-likeness (QED) is 0.921. The zero-order chi connectivity index (χ0) is 17.2. The third-order valence-electron chi connectivity index (χ3n) is 4.84. The Morgan fingerprint density at radius 3 is 2.76 bits per heavy atom. The number of aromatic nitrogens is 2. The molecule has 0 saturated carbocycles. The van der Waals surface area contributed by atoms with Crippen LogP contribution in [0.15, 0.2) is 42.6 Å². The van der Waals surface area contributed by atoms with Gasteiger partial charge >= 0.3 is 6.03 Å². The van der Waals surface area contributed by atoms with Crippen LogP contribution < -0.4 is 5.32 Å².